The van der Waals surface area contributed by atoms with Crippen LogP contribution in [-0.4, -0.2) is 11.1 Å². The normalized spacial score (nSPS) is 11.1. The van der Waals surface area contributed by atoms with Gasteiger partial charge >= 0.3 is 29.6 Å². The van der Waals surface area contributed by atoms with E-state index in [0.717, 1.165) is 5.56 Å². The summed E-state index contributed by atoms with van der Waals surface area (Å²) in [6.07, 6.45) is 4.97. The van der Waals surface area contributed by atoms with Crippen LogP contribution in [0.3, 0.4) is 0 Å². The summed E-state index contributed by atoms with van der Waals surface area (Å²) in [4.78, 5) is 10.4. The number of rotatable bonds is 3. The van der Waals surface area contributed by atoms with Gasteiger partial charge in [-0.3, -0.25) is 0 Å². The topological polar surface area (TPSA) is 37.3 Å². The van der Waals surface area contributed by atoms with Crippen LogP contribution in [0.25, 0.3) is 6.08 Å². The molecule has 0 unspecified atom stereocenters. The third-order valence-electron chi connectivity index (χ3n) is 1.66. The third kappa shape index (κ3) is 5.47. The van der Waals surface area contributed by atoms with E-state index < -0.39 is 5.97 Å². The number of carboxylic acids is 1. The molecule has 2 nitrogen and oxygen atoms in total. The third-order valence-corrected chi connectivity index (χ3v) is 1.66. The quantitative estimate of drug-likeness (QED) is 0.317. The Morgan fingerprint density at radius 1 is 1.27 bits per heavy atom. The Balaban J connectivity index is 0.00000196. The fraction of sp³-hybridized carbons (Fsp3) is 0. The minimum Gasteiger partial charge on any atom is -0.535 e. The molecule has 0 spiro atoms. The predicted molar refractivity (Wildman–Crippen MR) is 56.6 cm³/mol. The van der Waals surface area contributed by atoms with E-state index in [4.69, 9.17) is 5.11 Å². The standard InChI is InChI=1S/C12H11O2.Na/c1-10(12(13)14)6-5-9-11-7-3-2-4-8-11;/h2-9H,1H2,(H,13,14);/q-1;+1. The van der Waals surface area contributed by atoms with Crippen molar-refractivity contribution < 1.29 is 39.5 Å². The van der Waals surface area contributed by atoms with Gasteiger partial charge in [-0.05, 0) is 5.56 Å². The molecule has 3 heteroatoms. The SMILES string of the molecule is [CH2-]C(=CC=Cc1ccccc1)C(=O)O.[Na+]. The smallest absolute Gasteiger partial charge is 0.535 e. The van der Waals surface area contributed by atoms with E-state index in [-0.39, 0.29) is 35.1 Å². The largest absolute Gasteiger partial charge is 1.00 e. The summed E-state index contributed by atoms with van der Waals surface area (Å²) in [7, 11) is 0. The molecule has 1 rings (SSSR count). The van der Waals surface area contributed by atoms with Crippen molar-refractivity contribution in [3.8, 4) is 0 Å². The second kappa shape index (κ2) is 7.35. The van der Waals surface area contributed by atoms with Gasteiger partial charge in [0.2, 0.25) is 5.97 Å². The molecule has 0 fully saturated rings. The molecule has 0 aromatic heterocycles. The van der Waals surface area contributed by atoms with Crippen LogP contribution in [-0.2, 0) is 4.79 Å². The van der Waals surface area contributed by atoms with Gasteiger partial charge in [-0.15, -0.1) is 11.6 Å². The van der Waals surface area contributed by atoms with Crippen LogP contribution in [0.15, 0.2) is 48.1 Å². The zero-order valence-electron chi connectivity index (χ0n) is 8.68. The van der Waals surface area contributed by atoms with Crippen molar-refractivity contribution in [3.63, 3.8) is 0 Å². The summed E-state index contributed by atoms with van der Waals surface area (Å²) in [6.45, 7) is 3.38. The molecule has 0 aliphatic carbocycles. The molecule has 0 amide bonds. The van der Waals surface area contributed by atoms with Crippen LogP contribution < -0.4 is 29.6 Å². The van der Waals surface area contributed by atoms with E-state index in [0.29, 0.717) is 0 Å². The van der Waals surface area contributed by atoms with E-state index in [1.807, 2.05) is 36.4 Å². The number of carboxylic acid groups (broad SMARTS) is 1. The van der Waals surface area contributed by atoms with Crippen molar-refractivity contribution in [1.82, 2.24) is 0 Å². The van der Waals surface area contributed by atoms with Gasteiger partial charge in [0.1, 0.15) is 0 Å². The maximum absolute atomic E-state index is 10.4. The van der Waals surface area contributed by atoms with E-state index in [2.05, 4.69) is 6.92 Å². The van der Waals surface area contributed by atoms with Gasteiger partial charge in [-0.2, -0.15) is 13.0 Å². The number of aliphatic carboxylic acids is 1. The summed E-state index contributed by atoms with van der Waals surface area (Å²) in [5.41, 5.74) is 1.11. The maximum Gasteiger partial charge on any atom is 1.00 e. The first kappa shape index (κ1) is 14.0. The molecule has 15 heavy (non-hydrogen) atoms. The van der Waals surface area contributed by atoms with Crippen molar-refractivity contribution in [3.05, 3.63) is 60.5 Å². The Hall–Kier alpha value is -0.960. The molecule has 1 aromatic carbocycles. The number of hydrogen-bond donors (Lipinski definition) is 1. The average molecular weight is 210 g/mol. The molecular formula is C12H11NaO2. The molecule has 1 N–H and O–H groups in total. The van der Waals surface area contributed by atoms with Crippen LogP contribution in [0.5, 0.6) is 0 Å². The van der Waals surface area contributed by atoms with E-state index >= 15 is 0 Å². The molecule has 0 aliphatic rings. The molecule has 0 saturated heterocycles. The summed E-state index contributed by atoms with van der Waals surface area (Å²) < 4.78 is 0. The number of benzene rings is 1. The van der Waals surface area contributed by atoms with Gasteiger partial charge in [0.15, 0.2) is 0 Å². The molecule has 0 atom stereocenters. The van der Waals surface area contributed by atoms with Gasteiger partial charge in [-0.1, -0.05) is 36.4 Å². The van der Waals surface area contributed by atoms with E-state index in [1.54, 1.807) is 6.08 Å². The molecule has 0 saturated carbocycles. The monoisotopic (exact) mass is 210 g/mol. The second-order valence-corrected chi connectivity index (χ2v) is 2.77. The number of hydrogen-bond acceptors (Lipinski definition) is 1. The Kier molecular flexibility index (Phi) is 6.88. The van der Waals surface area contributed by atoms with Crippen LogP contribution in [0.1, 0.15) is 5.56 Å². The fourth-order valence-electron chi connectivity index (χ4n) is 0.911. The first-order valence-corrected chi connectivity index (χ1v) is 4.19. The Morgan fingerprint density at radius 3 is 2.40 bits per heavy atom. The molecule has 0 heterocycles. The van der Waals surface area contributed by atoms with E-state index in [9.17, 15) is 4.79 Å². The molecule has 72 valence electrons. The van der Waals surface area contributed by atoms with Crippen molar-refractivity contribution in [2.45, 2.75) is 0 Å². The Bertz CT molecular complexity index is 366. The van der Waals surface area contributed by atoms with Crippen molar-refractivity contribution >= 4 is 12.0 Å². The molecule has 0 bridgehead atoms. The molecule has 0 aliphatic heterocycles. The zero-order valence-corrected chi connectivity index (χ0v) is 10.7. The maximum atomic E-state index is 10.4. The van der Waals surface area contributed by atoms with Crippen molar-refractivity contribution in [2.75, 3.05) is 0 Å². The van der Waals surface area contributed by atoms with E-state index in [1.165, 1.54) is 6.08 Å². The average Bonchev–Trinajstić information content (AvgIpc) is 2.19. The van der Waals surface area contributed by atoms with Crippen LogP contribution in [0.2, 0.25) is 0 Å². The Labute approximate surface area is 112 Å². The summed E-state index contributed by atoms with van der Waals surface area (Å²) in [5.74, 6) is -0.997. The van der Waals surface area contributed by atoms with Gasteiger partial charge < -0.3 is 9.90 Å². The van der Waals surface area contributed by atoms with Crippen LogP contribution in [0, 0.1) is 6.92 Å². The first-order valence-electron chi connectivity index (χ1n) is 4.19. The van der Waals surface area contributed by atoms with Gasteiger partial charge in [0, 0.05) is 0 Å². The van der Waals surface area contributed by atoms with Gasteiger partial charge in [-0.25, -0.2) is 0 Å². The summed E-state index contributed by atoms with van der Waals surface area (Å²) in [6, 6.07) is 9.65. The minimum absolute atomic E-state index is 0. The summed E-state index contributed by atoms with van der Waals surface area (Å²) in [5, 5.41) is 8.51. The Morgan fingerprint density at radius 2 is 1.87 bits per heavy atom. The molecular weight excluding hydrogens is 199 g/mol. The zero-order chi connectivity index (χ0) is 10.4. The second-order valence-electron chi connectivity index (χ2n) is 2.77. The number of carbonyl (C=O) groups is 1. The fourth-order valence-corrected chi connectivity index (χ4v) is 0.911. The summed E-state index contributed by atoms with van der Waals surface area (Å²) >= 11 is 0. The van der Waals surface area contributed by atoms with Crippen molar-refractivity contribution in [2.24, 2.45) is 0 Å². The number of allylic oxidation sites excluding steroid dienone is 2. The molecule has 1 aromatic rings. The minimum atomic E-state index is -0.997. The predicted octanol–water partition coefficient (Wildman–Crippen LogP) is -0.451. The van der Waals surface area contributed by atoms with Crippen molar-refractivity contribution in [1.29, 1.82) is 0 Å². The molecule has 0 radical (unpaired) electrons. The van der Waals surface area contributed by atoms with Crippen LogP contribution in [0.4, 0.5) is 0 Å². The first-order chi connectivity index (χ1) is 6.70. The van der Waals surface area contributed by atoms with Crippen LogP contribution >= 0.6 is 0 Å². The van der Waals surface area contributed by atoms with Gasteiger partial charge in [0.05, 0.1) is 0 Å². The van der Waals surface area contributed by atoms with Gasteiger partial charge in [0.25, 0.3) is 0 Å².